The topological polar surface area (TPSA) is 30.0 Å². The predicted octanol–water partition coefficient (Wildman–Crippen LogP) is 2.53. The molecule has 1 aromatic rings. The molecule has 3 heteroatoms. The van der Waals surface area contributed by atoms with Crippen molar-refractivity contribution in [2.24, 2.45) is 5.92 Å². The van der Waals surface area contributed by atoms with Gasteiger partial charge in [-0.1, -0.05) is 13.8 Å². The third kappa shape index (κ3) is 3.26. The maximum absolute atomic E-state index is 11.8. The standard InChI is InChI=1S/C11H18NOP/c1-9(2)7-10-5-6-12-11(8-10)14(3,4)13/h5-6,8-9H,7H2,1-4H3. The Labute approximate surface area is 86.1 Å². The summed E-state index contributed by atoms with van der Waals surface area (Å²) in [7, 11) is -2.20. The van der Waals surface area contributed by atoms with E-state index in [1.54, 1.807) is 19.5 Å². The van der Waals surface area contributed by atoms with Crippen LogP contribution in [-0.4, -0.2) is 18.3 Å². The molecule has 0 N–H and O–H groups in total. The van der Waals surface area contributed by atoms with Crippen molar-refractivity contribution < 1.29 is 4.57 Å². The Morgan fingerprint density at radius 3 is 2.57 bits per heavy atom. The normalized spacial score (nSPS) is 12.1. The quantitative estimate of drug-likeness (QED) is 0.719. The van der Waals surface area contributed by atoms with E-state index in [1.807, 2.05) is 12.1 Å². The van der Waals surface area contributed by atoms with Crippen LogP contribution in [0.25, 0.3) is 0 Å². The first-order valence-electron chi connectivity index (χ1n) is 4.90. The lowest BCUT2D eigenvalue weighted by molar-refractivity contribution is 0.587. The molecule has 0 saturated carbocycles. The third-order valence-corrected chi connectivity index (χ3v) is 3.35. The molecule has 2 nitrogen and oxygen atoms in total. The van der Waals surface area contributed by atoms with Gasteiger partial charge in [0.2, 0.25) is 0 Å². The van der Waals surface area contributed by atoms with Gasteiger partial charge in [0.15, 0.2) is 0 Å². The molecule has 0 bridgehead atoms. The van der Waals surface area contributed by atoms with E-state index in [9.17, 15) is 4.57 Å². The Kier molecular flexibility index (Phi) is 3.49. The van der Waals surface area contributed by atoms with E-state index in [0.29, 0.717) is 5.92 Å². The van der Waals surface area contributed by atoms with Gasteiger partial charge >= 0.3 is 0 Å². The first-order chi connectivity index (χ1) is 6.39. The van der Waals surface area contributed by atoms with Crippen LogP contribution in [-0.2, 0) is 11.0 Å². The van der Waals surface area contributed by atoms with Gasteiger partial charge in [0, 0.05) is 6.20 Å². The lowest BCUT2D eigenvalue weighted by Gasteiger charge is -2.09. The highest BCUT2D eigenvalue weighted by atomic mass is 31.2. The van der Waals surface area contributed by atoms with Crippen LogP contribution >= 0.6 is 7.14 Å². The molecule has 0 saturated heterocycles. The number of aromatic nitrogens is 1. The van der Waals surface area contributed by atoms with E-state index in [1.165, 1.54) is 5.56 Å². The molecule has 0 spiro atoms. The zero-order valence-electron chi connectivity index (χ0n) is 9.32. The maximum atomic E-state index is 11.8. The van der Waals surface area contributed by atoms with Crippen molar-refractivity contribution in [1.29, 1.82) is 0 Å². The number of pyridine rings is 1. The van der Waals surface area contributed by atoms with Crippen LogP contribution in [0.1, 0.15) is 19.4 Å². The summed E-state index contributed by atoms with van der Waals surface area (Å²) in [6.45, 7) is 7.87. The van der Waals surface area contributed by atoms with Crippen molar-refractivity contribution in [2.45, 2.75) is 20.3 Å². The minimum Gasteiger partial charge on any atom is -0.318 e. The first-order valence-corrected chi connectivity index (χ1v) is 7.50. The van der Waals surface area contributed by atoms with Crippen molar-refractivity contribution in [1.82, 2.24) is 4.98 Å². The molecule has 0 fully saturated rings. The minimum absolute atomic E-state index is 0.623. The Bertz CT molecular complexity index is 354. The van der Waals surface area contributed by atoms with Crippen molar-refractivity contribution in [3.63, 3.8) is 0 Å². The second-order valence-electron chi connectivity index (χ2n) is 4.47. The summed E-state index contributed by atoms with van der Waals surface area (Å²) in [5.41, 5.74) is 1.98. The molecule has 0 aliphatic heterocycles. The Morgan fingerprint density at radius 1 is 1.43 bits per heavy atom. The average Bonchev–Trinajstić information content (AvgIpc) is 2.01. The van der Waals surface area contributed by atoms with Gasteiger partial charge in [-0.25, -0.2) is 0 Å². The summed E-state index contributed by atoms with van der Waals surface area (Å²) in [4.78, 5) is 4.15. The molecule has 0 aliphatic rings. The fraction of sp³-hybridized carbons (Fsp3) is 0.545. The van der Waals surface area contributed by atoms with Crippen LogP contribution in [0.2, 0.25) is 0 Å². The molecule has 0 aliphatic carbocycles. The Balaban J connectivity index is 2.96. The number of rotatable bonds is 3. The molecule has 1 rings (SSSR count). The molecule has 0 unspecified atom stereocenters. The SMILES string of the molecule is CC(C)Cc1ccnc(P(C)(C)=O)c1. The molecule has 0 atom stereocenters. The van der Waals surface area contributed by atoms with E-state index >= 15 is 0 Å². The zero-order chi connectivity index (χ0) is 10.8. The smallest absolute Gasteiger partial charge is 0.127 e. The third-order valence-electron chi connectivity index (χ3n) is 2.01. The van der Waals surface area contributed by atoms with Gasteiger partial charge in [-0.15, -0.1) is 0 Å². The van der Waals surface area contributed by atoms with Crippen LogP contribution in [0, 0.1) is 5.92 Å². The van der Waals surface area contributed by atoms with Gasteiger partial charge in [0.05, 0.1) is 5.44 Å². The number of hydrogen-bond donors (Lipinski definition) is 0. The molecule has 14 heavy (non-hydrogen) atoms. The fourth-order valence-corrected chi connectivity index (χ4v) is 2.17. The monoisotopic (exact) mass is 211 g/mol. The lowest BCUT2D eigenvalue weighted by atomic mass is 10.0. The second kappa shape index (κ2) is 4.27. The van der Waals surface area contributed by atoms with E-state index in [4.69, 9.17) is 0 Å². The predicted molar refractivity (Wildman–Crippen MR) is 61.9 cm³/mol. The van der Waals surface area contributed by atoms with Crippen molar-refractivity contribution in [2.75, 3.05) is 13.3 Å². The largest absolute Gasteiger partial charge is 0.318 e. The summed E-state index contributed by atoms with van der Waals surface area (Å²) in [6.07, 6.45) is 2.78. The Morgan fingerprint density at radius 2 is 2.07 bits per heavy atom. The van der Waals surface area contributed by atoms with E-state index in [-0.39, 0.29) is 0 Å². The van der Waals surface area contributed by atoms with Gasteiger partial charge in [0.25, 0.3) is 0 Å². The van der Waals surface area contributed by atoms with Crippen LogP contribution in [0.3, 0.4) is 0 Å². The fourth-order valence-electron chi connectivity index (χ4n) is 1.35. The molecular formula is C11H18NOP. The van der Waals surface area contributed by atoms with E-state index < -0.39 is 7.14 Å². The highest BCUT2D eigenvalue weighted by Crippen LogP contribution is 2.33. The maximum Gasteiger partial charge on any atom is 0.127 e. The molecule has 78 valence electrons. The summed E-state index contributed by atoms with van der Waals surface area (Å²) in [5.74, 6) is 0.623. The Hall–Kier alpha value is -0.620. The van der Waals surface area contributed by atoms with Gasteiger partial charge in [-0.3, -0.25) is 4.98 Å². The van der Waals surface area contributed by atoms with Crippen LogP contribution in [0.15, 0.2) is 18.3 Å². The number of nitrogens with zero attached hydrogens (tertiary/aromatic N) is 1. The van der Waals surface area contributed by atoms with Gasteiger partial charge < -0.3 is 4.57 Å². The van der Waals surface area contributed by atoms with Gasteiger partial charge in [-0.2, -0.15) is 0 Å². The van der Waals surface area contributed by atoms with E-state index in [2.05, 4.69) is 18.8 Å². The first kappa shape index (κ1) is 11.5. The van der Waals surface area contributed by atoms with E-state index in [0.717, 1.165) is 11.9 Å². The zero-order valence-corrected chi connectivity index (χ0v) is 10.2. The van der Waals surface area contributed by atoms with Crippen LogP contribution in [0.5, 0.6) is 0 Å². The van der Waals surface area contributed by atoms with Gasteiger partial charge in [-0.05, 0) is 43.4 Å². The molecule has 1 heterocycles. The molecular weight excluding hydrogens is 193 g/mol. The van der Waals surface area contributed by atoms with Crippen molar-refractivity contribution in [3.8, 4) is 0 Å². The highest BCUT2D eigenvalue weighted by Gasteiger charge is 2.12. The van der Waals surface area contributed by atoms with Crippen LogP contribution in [0.4, 0.5) is 0 Å². The molecule has 1 aromatic heterocycles. The lowest BCUT2D eigenvalue weighted by Crippen LogP contribution is -2.09. The molecule has 0 aromatic carbocycles. The summed E-state index contributed by atoms with van der Waals surface area (Å²) in [6, 6.07) is 3.97. The minimum atomic E-state index is -2.20. The summed E-state index contributed by atoms with van der Waals surface area (Å²) >= 11 is 0. The molecule has 0 radical (unpaired) electrons. The number of hydrogen-bond acceptors (Lipinski definition) is 2. The average molecular weight is 211 g/mol. The van der Waals surface area contributed by atoms with Gasteiger partial charge in [0.1, 0.15) is 7.14 Å². The molecule has 0 amide bonds. The van der Waals surface area contributed by atoms with Crippen molar-refractivity contribution in [3.05, 3.63) is 23.9 Å². The van der Waals surface area contributed by atoms with Crippen molar-refractivity contribution >= 4 is 12.6 Å². The highest BCUT2D eigenvalue weighted by molar-refractivity contribution is 7.69. The second-order valence-corrected chi connectivity index (χ2v) is 7.63. The summed E-state index contributed by atoms with van der Waals surface area (Å²) in [5, 5.41) is 0. The van der Waals surface area contributed by atoms with Crippen LogP contribution < -0.4 is 5.44 Å². The summed E-state index contributed by atoms with van der Waals surface area (Å²) < 4.78 is 11.8.